The van der Waals surface area contributed by atoms with Crippen LogP contribution in [-0.4, -0.2) is 19.7 Å². The average Bonchev–Trinajstić information content (AvgIpc) is 2.66. The van der Waals surface area contributed by atoms with E-state index in [0.29, 0.717) is 17.9 Å². The molecule has 2 nitrogen and oxygen atoms in total. The lowest BCUT2D eigenvalue weighted by Gasteiger charge is -2.36. The van der Waals surface area contributed by atoms with E-state index in [4.69, 9.17) is 4.74 Å². The highest BCUT2D eigenvalue weighted by molar-refractivity contribution is 5.20. The van der Waals surface area contributed by atoms with Crippen molar-refractivity contribution in [1.29, 1.82) is 0 Å². The van der Waals surface area contributed by atoms with Crippen LogP contribution in [0.4, 0.5) is 0 Å². The second-order valence-electron chi connectivity index (χ2n) is 6.90. The molecule has 0 heterocycles. The topological polar surface area (TPSA) is 21.3 Å². The molecule has 1 saturated carbocycles. The zero-order valence-electron chi connectivity index (χ0n) is 14.7. The van der Waals surface area contributed by atoms with Crippen LogP contribution in [0.2, 0.25) is 0 Å². The van der Waals surface area contributed by atoms with Crippen LogP contribution in [0.3, 0.4) is 0 Å². The SMILES string of the molecule is CNC1CCC(c2ccccc2)CC1CCOCc1ccccc1. The molecule has 3 rings (SSSR count). The van der Waals surface area contributed by atoms with Crippen LogP contribution in [0.15, 0.2) is 60.7 Å². The largest absolute Gasteiger partial charge is 0.377 e. The van der Waals surface area contributed by atoms with Crippen molar-refractivity contribution in [2.24, 2.45) is 5.92 Å². The van der Waals surface area contributed by atoms with Crippen LogP contribution >= 0.6 is 0 Å². The van der Waals surface area contributed by atoms with Gasteiger partial charge in [-0.05, 0) is 55.7 Å². The molecule has 1 aliphatic carbocycles. The molecule has 0 aromatic heterocycles. The predicted molar refractivity (Wildman–Crippen MR) is 100 cm³/mol. The average molecular weight is 323 g/mol. The molecule has 128 valence electrons. The standard InChI is InChI=1S/C22H29NO/c1-23-22-13-12-20(19-10-6-3-7-11-19)16-21(22)14-15-24-17-18-8-4-2-5-9-18/h2-11,20-23H,12-17H2,1H3. The summed E-state index contributed by atoms with van der Waals surface area (Å²) in [7, 11) is 2.10. The molecule has 3 unspecified atom stereocenters. The van der Waals surface area contributed by atoms with Gasteiger partial charge in [-0.25, -0.2) is 0 Å². The zero-order valence-corrected chi connectivity index (χ0v) is 14.7. The van der Waals surface area contributed by atoms with E-state index in [-0.39, 0.29) is 0 Å². The predicted octanol–water partition coefficient (Wildman–Crippen LogP) is 4.77. The highest BCUT2D eigenvalue weighted by Crippen LogP contribution is 2.37. The molecule has 0 aliphatic heterocycles. The van der Waals surface area contributed by atoms with E-state index in [0.717, 1.165) is 19.6 Å². The third-order valence-corrected chi connectivity index (χ3v) is 5.37. The Kier molecular flexibility index (Phi) is 6.45. The number of hydrogen-bond donors (Lipinski definition) is 1. The molecular formula is C22H29NO. The molecule has 0 saturated heterocycles. The van der Waals surface area contributed by atoms with E-state index in [9.17, 15) is 0 Å². The molecule has 0 amide bonds. The molecule has 0 radical (unpaired) electrons. The Hall–Kier alpha value is -1.64. The zero-order chi connectivity index (χ0) is 16.6. The highest BCUT2D eigenvalue weighted by Gasteiger charge is 2.29. The van der Waals surface area contributed by atoms with Gasteiger partial charge in [0.05, 0.1) is 6.61 Å². The van der Waals surface area contributed by atoms with E-state index < -0.39 is 0 Å². The highest BCUT2D eigenvalue weighted by atomic mass is 16.5. The molecule has 0 bridgehead atoms. The molecule has 2 aromatic carbocycles. The summed E-state index contributed by atoms with van der Waals surface area (Å²) in [5.41, 5.74) is 2.76. The van der Waals surface area contributed by atoms with Gasteiger partial charge >= 0.3 is 0 Å². The molecule has 2 aromatic rings. The maximum absolute atomic E-state index is 5.93. The summed E-state index contributed by atoms with van der Waals surface area (Å²) < 4.78 is 5.93. The Morgan fingerprint density at radius 1 is 0.958 bits per heavy atom. The molecule has 24 heavy (non-hydrogen) atoms. The van der Waals surface area contributed by atoms with Crippen LogP contribution in [-0.2, 0) is 11.3 Å². The normalized spacial score (nSPS) is 24.0. The van der Waals surface area contributed by atoms with E-state index in [2.05, 4.69) is 67.0 Å². The fraction of sp³-hybridized carbons (Fsp3) is 0.455. The summed E-state index contributed by atoms with van der Waals surface area (Å²) in [5.74, 6) is 1.40. The molecule has 3 atom stereocenters. The first-order valence-electron chi connectivity index (χ1n) is 9.20. The van der Waals surface area contributed by atoms with Crippen molar-refractivity contribution in [3.05, 3.63) is 71.8 Å². The Labute approximate surface area is 146 Å². The Balaban J connectivity index is 1.50. The molecule has 1 N–H and O–H groups in total. The summed E-state index contributed by atoms with van der Waals surface area (Å²) in [6, 6.07) is 22.1. The first-order valence-corrected chi connectivity index (χ1v) is 9.20. The van der Waals surface area contributed by atoms with Gasteiger partial charge in [-0.2, -0.15) is 0 Å². The second-order valence-corrected chi connectivity index (χ2v) is 6.90. The van der Waals surface area contributed by atoms with Crippen LogP contribution in [0.1, 0.15) is 42.7 Å². The van der Waals surface area contributed by atoms with Crippen LogP contribution in [0.5, 0.6) is 0 Å². The van der Waals surface area contributed by atoms with Crippen molar-refractivity contribution in [2.45, 2.75) is 44.2 Å². The lowest BCUT2D eigenvalue weighted by atomic mass is 9.74. The minimum absolute atomic E-state index is 0.630. The number of hydrogen-bond acceptors (Lipinski definition) is 2. The van der Waals surface area contributed by atoms with Crippen molar-refractivity contribution in [2.75, 3.05) is 13.7 Å². The smallest absolute Gasteiger partial charge is 0.0716 e. The molecule has 0 spiro atoms. The maximum Gasteiger partial charge on any atom is 0.0716 e. The van der Waals surface area contributed by atoms with Crippen molar-refractivity contribution in [3.63, 3.8) is 0 Å². The number of nitrogens with one attached hydrogen (secondary N) is 1. The minimum atomic E-state index is 0.630. The Morgan fingerprint density at radius 3 is 2.38 bits per heavy atom. The number of ether oxygens (including phenoxy) is 1. The van der Waals surface area contributed by atoms with Gasteiger partial charge in [0.1, 0.15) is 0 Å². The molecular weight excluding hydrogens is 294 g/mol. The number of benzene rings is 2. The van der Waals surface area contributed by atoms with Gasteiger partial charge in [-0.15, -0.1) is 0 Å². The summed E-state index contributed by atoms with van der Waals surface area (Å²) >= 11 is 0. The molecule has 1 fully saturated rings. The minimum Gasteiger partial charge on any atom is -0.377 e. The lowest BCUT2D eigenvalue weighted by Crippen LogP contribution is -2.38. The number of rotatable bonds is 7. The second kappa shape index (κ2) is 9.00. The van der Waals surface area contributed by atoms with Gasteiger partial charge in [0.15, 0.2) is 0 Å². The quantitative estimate of drug-likeness (QED) is 0.741. The maximum atomic E-state index is 5.93. The van der Waals surface area contributed by atoms with E-state index in [1.807, 2.05) is 6.07 Å². The van der Waals surface area contributed by atoms with E-state index >= 15 is 0 Å². The van der Waals surface area contributed by atoms with Gasteiger partial charge < -0.3 is 10.1 Å². The van der Waals surface area contributed by atoms with Crippen LogP contribution in [0.25, 0.3) is 0 Å². The summed E-state index contributed by atoms with van der Waals surface area (Å²) in [4.78, 5) is 0. The first kappa shape index (κ1) is 17.2. The lowest BCUT2D eigenvalue weighted by molar-refractivity contribution is 0.0925. The first-order chi connectivity index (χ1) is 11.9. The van der Waals surface area contributed by atoms with Gasteiger partial charge in [0.25, 0.3) is 0 Å². The monoisotopic (exact) mass is 323 g/mol. The fourth-order valence-electron chi connectivity index (χ4n) is 3.99. The van der Waals surface area contributed by atoms with Crippen molar-refractivity contribution in [1.82, 2.24) is 5.32 Å². The Bertz CT molecular complexity index is 583. The third-order valence-electron chi connectivity index (χ3n) is 5.37. The van der Waals surface area contributed by atoms with Crippen LogP contribution < -0.4 is 5.32 Å². The van der Waals surface area contributed by atoms with Gasteiger partial charge in [0.2, 0.25) is 0 Å². The van der Waals surface area contributed by atoms with Gasteiger partial charge in [-0.3, -0.25) is 0 Å². The van der Waals surface area contributed by atoms with Crippen molar-refractivity contribution < 1.29 is 4.74 Å². The van der Waals surface area contributed by atoms with Crippen molar-refractivity contribution in [3.8, 4) is 0 Å². The third kappa shape index (κ3) is 4.68. The summed E-state index contributed by atoms with van der Waals surface area (Å²) in [5, 5.41) is 3.53. The summed E-state index contributed by atoms with van der Waals surface area (Å²) in [6.45, 7) is 1.57. The summed E-state index contributed by atoms with van der Waals surface area (Å²) in [6.07, 6.45) is 4.96. The van der Waals surface area contributed by atoms with E-state index in [1.165, 1.54) is 30.4 Å². The van der Waals surface area contributed by atoms with Crippen LogP contribution in [0, 0.1) is 5.92 Å². The molecule has 2 heteroatoms. The Morgan fingerprint density at radius 2 is 1.67 bits per heavy atom. The molecule has 1 aliphatic rings. The van der Waals surface area contributed by atoms with Gasteiger partial charge in [-0.1, -0.05) is 60.7 Å². The van der Waals surface area contributed by atoms with E-state index in [1.54, 1.807) is 0 Å². The van der Waals surface area contributed by atoms with Gasteiger partial charge in [0, 0.05) is 12.6 Å². The fourth-order valence-corrected chi connectivity index (χ4v) is 3.99. The van der Waals surface area contributed by atoms with Crippen molar-refractivity contribution >= 4 is 0 Å².